The second kappa shape index (κ2) is 11.3. The van der Waals surface area contributed by atoms with E-state index in [4.69, 9.17) is 4.74 Å². The molecule has 136 valence electrons. The lowest BCUT2D eigenvalue weighted by Gasteiger charge is -2.33. The average Bonchev–Trinajstić information content (AvgIpc) is 2.57. The minimum atomic E-state index is 0. The molecule has 5 nitrogen and oxygen atoms in total. The van der Waals surface area contributed by atoms with Crippen molar-refractivity contribution in [3.8, 4) is 5.75 Å². The van der Waals surface area contributed by atoms with Crippen molar-refractivity contribution in [2.45, 2.75) is 26.7 Å². The van der Waals surface area contributed by atoms with Crippen LogP contribution in [0.15, 0.2) is 24.3 Å². The van der Waals surface area contributed by atoms with Gasteiger partial charge in [-0.1, -0.05) is 20.3 Å². The molecule has 1 aliphatic rings. The number of nitrogens with zero attached hydrogens (tertiary/aromatic N) is 2. The summed E-state index contributed by atoms with van der Waals surface area (Å²) in [5.74, 6) is 0.904. The Morgan fingerprint density at radius 1 is 1.08 bits per heavy atom. The van der Waals surface area contributed by atoms with Crippen LogP contribution in [0.4, 0.5) is 5.69 Å². The molecule has 0 aliphatic carbocycles. The molecule has 1 N–H and O–H groups in total. The molecule has 1 amide bonds. The fourth-order valence-electron chi connectivity index (χ4n) is 2.64. The molecule has 1 fully saturated rings. The van der Waals surface area contributed by atoms with E-state index in [1.54, 1.807) is 0 Å². The van der Waals surface area contributed by atoms with E-state index in [0.29, 0.717) is 6.54 Å². The number of unbranched alkanes of at least 4 members (excludes halogenated alkanes) is 1. The lowest BCUT2D eigenvalue weighted by molar-refractivity contribution is -0.117. The number of halogens is 1. The monoisotopic (exact) mass is 355 g/mol. The minimum Gasteiger partial charge on any atom is -0.494 e. The summed E-state index contributed by atoms with van der Waals surface area (Å²) in [6, 6.07) is 7.61. The number of anilines is 1. The van der Waals surface area contributed by atoms with E-state index in [1.165, 1.54) is 0 Å². The first-order chi connectivity index (χ1) is 11.2. The molecule has 0 radical (unpaired) electrons. The number of nitrogens with one attached hydrogen (secondary N) is 1. The first-order valence-electron chi connectivity index (χ1n) is 8.68. The SMILES string of the molecule is CCCCOc1ccc(NC(=O)CN2CCN(CC)CC2)cc1.Cl. The number of hydrogen-bond donors (Lipinski definition) is 1. The summed E-state index contributed by atoms with van der Waals surface area (Å²) in [6.07, 6.45) is 2.18. The quantitative estimate of drug-likeness (QED) is 0.728. The van der Waals surface area contributed by atoms with Crippen molar-refractivity contribution in [1.29, 1.82) is 0 Å². The number of rotatable bonds is 8. The molecular weight excluding hydrogens is 326 g/mol. The zero-order valence-corrected chi connectivity index (χ0v) is 15.6. The Bertz CT molecular complexity index is 474. The number of ether oxygens (including phenoxy) is 1. The fourth-order valence-corrected chi connectivity index (χ4v) is 2.64. The standard InChI is InChI=1S/C18H29N3O2.ClH/c1-3-5-14-23-17-8-6-16(7-9-17)19-18(22)15-21-12-10-20(4-2)11-13-21;/h6-9H,3-5,10-15H2,1-2H3,(H,19,22);1H. The fraction of sp³-hybridized carbons (Fsp3) is 0.611. The number of carbonyl (C=O) groups is 1. The summed E-state index contributed by atoms with van der Waals surface area (Å²) in [6.45, 7) is 10.6. The first-order valence-corrected chi connectivity index (χ1v) is 8.68. The molecule has 0 bridgehead atoms. The van der Waals surface area contributed by atoms with E-state index in [9.17, 15) is 4.79 Å². The smallest absolute Gasteiger partial charge is 0.238 e. The molecule has 1 aliphatic heterocycles. The maximum absolute atomic E-state index is 12.1. The Hall–Kier alpha value is -1.30. The van der Waals surface area contributed by atoms with Gasteiger partial charge in [-0.2, -0.15) is 0 Å². The second-order valence-corrected chi connectivity index (χ2v) is 5.98. The van der Waals surface area contributed by atoms with Crippen LogP contribution in [-0.4, -0.2) is 61.6 Å². The number of hydrogen-bond acceptors (Lipinski definition) is 4. The first kappa shape index (κ1) is 20.7. The van der Waals surface area contributed by atoms with E-state index in [0.717, 1.165) is 63.6 Å². The highest BCUT2D eigenvalue weighted by molar-refractivity contribution is 5.92. The van der Waals surface area contributed by atoms with Crippen molar-refractivity contribution in [3.63, 3.8) is 0 Å². The van der Waals surface area contributed by atoms with Gasteiger partial charge in [0, 0.05) is 31.9 Å². The molecule has 0 spiro atoms. The Morgan fingerprint density at radius 3 is 2.29 bits per heavy atom. The van der Waals surface area contributed by atoms with Gasteiger partial charge < -0.3 is 15.0 Å². The zero-order chi connectivity index (χ0) is 16.5. The van der Waals surface area contributed by atoms with Crippen LogP contribution in [0.25, 0.3) is 0 Å². The van der Waals surface area contributed by atoms with Crippen molar-refractivity contribution >= 4 is 24.0 Å². The third kappa shape index (κ3) is 7.07. The largest absolute Gasteiger partial charge is 0.494 e. The number of likely N-dealkylation sites (N-methyl/N-ethyl adjacent to an activating group) is 1. The average molecular weight is 356 g/mol. The van der Waals surface area contributed by atoms with Crippen molar-refractivity contribution in [3.05, 3.63) is 24.3 Å². The molecule has 0 atom stereocenters. The summed E-state index contributed by atoms with van der Waals surface area (Å²) in [5.41, 5.74) is 0.824. The highest BCUT2D eigenvalue weighted by Crippen LogP contribution is 2.16. The van der Waals surface area contributed by atoms with Gasteiger partial charge in [0.15, 0.2) is 0 Å². The third-order valence-electron chi connectivity index (χ3n) is 4.18. The van der Waals surface area contributed by atoms with E-state index < -0.39 is 0 Å². The van der Waals surface area contributed by atoms with Crippen LogP contribution in [0.3, 0.4) is 0 Å². The van der Waals surface area contributed by atoms with Gasteiger partial charge in [0.2, 0.25) is 5.91 Å². The summed E-state index contributed by atoms with van der Waals surface area (Å²) in [5, 5.41) is 2.96. The minimum absolute atomic E-state index is 0. The number of benzene rings is 1. The van der Waals surface area contributed by atoms with Crippen LogP contribution < -0.4 is 10.1 Å². The molecule has 6 heteroatoms. The molecular formula is C18H30ClN3O2. The molecule has 0 saturated carbocycles. The van der Waals surface area contributed by atoms with Crippen LogP contribution in [0.5, 0.6) is 5.75 Å². The number of carbonyl (C=O) groups excluding carboxylic acids is 1. The van der Waals surface area contributed by atoms with Gasteiger partial charge in [-0.05, 0) is 37.2 Å². The normalized spacial score (nSPS) is 15.6. The van der Waals surface area contributed by atoms with Crippen LogP contribution in [0.1, 0.15) is 26.7 Å². The Morgan fingerprint density at radius 2 is 1.71 bits per heavy atom. The van der Waals surface area contributed by atoms with Crippen molar-refractivity contribution < 1.29 is 9.53 Å². The second-order valence-electron chi connectivity index (χ2n) is 5.98. The van der Waals surface area contributed by atoms with E-state index in [-0.39, 0.29) is 18.3 Å². The Balaban J connectivity index is 0.00000288. The number of amides is 1. The van der Waals surface area contributed by atoms with Crippen molar-refractivity contribution in [2.75, 3.05) is 51.2 Å². The van der Waals surface area contributed by atoms with E-state index in [2.05, 4.69) is 29.0 Å². The van der Waals surface area contributed by atoms with Gasteiger partial charge in [0.25, 0.3) is 0 Å². The van der Waals surface area contributed by atoms with E-state index in [1.807, 2.05) is 24.3 Å². The molecule has 1 aromatic carbocycles. The van der Waals surface area contributed by atoms with Gasteiger partial charge in [-0.15, -0.1) is 12.4 Å². The maximum Gasteiger partial charge on any atom is 0.238 e. The summed E-state index contributed by atoms with van der Waals surface area (Å²) in [4.78, 5) is 16.8. The van der Waals surface area contributed by atoms with Crippen molar-refractivity contribution in [1.82, 2.24) is 9.80 Å². The third-order valence-corrected chi connectivity index (χ3v) is 4.18. The van der Waals surface area contributed by atoms with Crippen LogP contribution in [0, 0.1) is 0 Å². The van der Waals surface area contributed by atoms with Gasteiger partial charge in [-0.25, -0.2) is 0 Å². The Kier molecular flexibility index (Phi) is 9.76. The van der Waals surface area contributed by atoms with Crippen LogP contribution in [-0.2, 0) is 4.79 Å². The maximum atomic E-state index is 12.1. The topological polar surface area (TPSA) is 44.8 Å². The molecule has 1 aromatic rings. The molecule has 1 saturated heterocycles. The summed E-state index contributed by atoms with van der Waals surface area (Å²) < 4.78 is 5.62. The molecule has 2 rings (SSSR count). The van der Waals surface area contributed by atoms with E-state index >= 15 is 0 Å². The predicted molar refractivity (Wildman–Crippen MR) is 101 cm³/mol. The van der Waals surface area contributed by atoms with Gasteiger partial charge in [0.05, 0.1) is 13.2 Å². The summed E-state index contributed by atoms with van der Waals surface area (Å²) >= 11 is 0. The number of piperazine rings is 1. The molecule has 0 aromatic heterocycles. The highest BCUT2D eigenvalue weighted by Gasteiger charge is 2.17. The van der Waals surface area contributed by atoms with Crippen LogP contribution in [0.2, 0.25) is 0 Å². The van der Waals surface area contributed by atoms with Gasteiger partial charge in [0.1, 0.15) is 5.75 Å². The predicted octanol–water partition coefficient (Wildman–Crippen LogP) is 2.86. The highest BCUT2D eigenvalue weighted by atomic mass is 35.5. The Labute approximate surface area is 151 Å². The molecule has 0 unspecified atom stereocenters. The zero-order valence-electron chi connectivity index (χ0n) is 14.8. The lowest BCUT2D eigenvalue weighted by Crippen LogP contribution is -2.48. The van der Waals surface area contributed by atoms with Crippen LogP contribution >= 0.6 is 12.4 Å². The van der Waals surface area contributed by atoms with Gasteiger partial charge >= 0.3 is 0 Å². The molecule has 24 heavy (non-hydrogen) atoms. The van der Waals surface area contributed by atoms with Crippen molar-refractivity contribution in [2.24, 2.45) is 0 Å². The molecule has 1 heterocycles. The summed E-state index contributed by atoms with van der Waals surface area (Å²) in [7, 11) is 0. The lowest BCUT2D eigenvalue weighted by atomic mass is 10.3. The van der Waals surface area contributed by atoms with Gasteiger partial charge in [-0.3, -0.25) is 9.69 Å².